The summed E-state index contributed by atoms with van der Waals surface area (Å²) in [6.07, 6.45) is 3.50. The summed E-state index contributed by atoms with van der Waals surface area (Å²) in [5, 5.41) is 10.6. The first kappa shape index (κ1) is 17.3. The third-order valence-corrected chi connectivity index (χ3v) is 4.24. The van der Waals surface area contributed by atoms with E-state index in [-0.39, 0.29) is 5.82 Å². The quantitative estimate of drug-likeness (QED) is 0.644. The van der Waals surface area contributed by atoms with E-state index in [4.69, 9.17) is 4.52 Å². The molecule has 0 unspecified atom stereocenters. The van der Waals surface area contributed by atoms with Crippen molar-refractivity contribution in [2.24, 2.45) is 4.99 Å². The van der Waals surface area contributed by atoms with Gasteiger partial charge in [0.15, 0.2) is 5.96 Å². The van der Waals surface area contributed by atoms with Crippen molar-refractivity contribution in [1.82, 2.24) is 15.8 Å². The van der Waals surface area contributed by atoms with Gasteiger partial charge in [-0.05, 0) is 38.0 Å². The van der Waals surface area contributed by atoms with Crippen molar-refractivity contribution in [2.45, 2.75) is 32.4 Å². The highest BCUT2D eigenvalue weighted by Gasteiger charge is 2.20. The number of aliphatic imine (C=N–C) groups is 1. The summed E-state index contributed by atoms with van der Waals surface area (Å²) in [5.41, 5.74) is 1.75. The van der Waals surface area contributed by atoms with Crippen molar-refractivity contribution >= 4 is 11.6 Å². The van der Waals surface area contributed by atoms with Crippen LogP contribution in [0.15, 0.2) is 46.1 Å². The molecule has 3 rings (SSSR count). The fraction of sp³-hybridized carbons (Fsp3) is 0.444. The third-order valence-electron chi connectivity index (χ3n) is 4.24. The third kappa shape index (κ3) is 4.95. The van der Waals surface area contributed by atoms with Crippen LogP contribution in [0.5, 0.6) is 0 Å². The Bertz CT molecular complexity index is 681. The largest absolute Gasteiger partial charge is 0.371 e. The molecule has 6 nitrogen and oxygen atoms in total. The van der Waals surface area contributed by atoms with Crippen molar-refractivity contribution in [1.29, 1.82) is 0 Å². The van der Waals surface area contributed by atoms with Gasteiger partial charge < -0.3 is 20.1 Å². The Morgan fingerprint density at radius 1 is 1.36 bits per heavy atom. The van der Waals surface area contributed by atoms with Crippen LogP contribution < -0.4 is 15.5 Å². The zero-order valence-electron chi connectivity index (χ0n) is 14.4. The summed E-state index contributed by atoms with van der Waals surface area (Å²) < 4.78 is 18.2. The predicted molar refractivity (Wildman–Crippen MR) is 96.1 cm³/mol. The Labute approximate surface area is 147 Å². The Morgan fingerprint density at radius 3 is 2.88 bits per heavy atom. The van der Waals surface area contributed by atoms with Crippen molar-refractivity contribution in [3.05, 3.63) is 48.1 Å². The average molecular weight is 345 g/mol. The minimum Gasteiger partial charge on any atom is -0.371 e. The van der Waals surface area contributed by atoms with Gasteiger partial charge >= 0.3 is 0 Å². The van der Waals surface area contributed by atoms with Gasteiger partial charge in [-0.2, -0.15) is 0 Å². The molecule has 1 aliphatic rings. The minimum atomic E-state index is -0.188. The number of aromatic nitrogens is 1. The molecule has 0 saturated carbocycles. The molecule has 0 radical (unpaired) electrons. The number of hydrogen-bond donors (Lipinski definition) is 2. The molecule has 25 heavy (non-hydrogen) atoms. The molecule has 0 bridgehead atoms. The van der Waals surface area contributed by atoms with E-state index in [1.165, 1.54) is 6.07 Å². The maximum atomic E-state index is 13.4. The number of hydrogen-bond acceptors (Lipinski definition) is 4. The van der Waals surface area contributed by atoms with Gasteiger partial charge in [0.2, 0.25) is 0 Å². The smallest absolute Gasteiger partial charge is 0.191 e. The molecule has 134 valence electrons. The van der Waals surface area contributed by atoms with E-state index in [2.05, 4.69) is 25.7 Å². The molecule has 1 aromatic heterocycles. The number of nitrogens with zero attached hydrogens (tertiary/aromatic N) is 3. The van der Waals surface area contributed by atoms with Crippen LogP contribution in [0.2, 0.25) is 0 Å². The van der Waals surface area contributed by atoms with E-state index >= 15 is 0 Å². The minimum absolute atomic E-state index is 0.188. The summed E-state index contributed by atoms with van der Waals surface area (Å²) >= 11 is 0. The summed E-state index contributed by atoms with van der Waals surface area (Å²) in [5.74, 6) is 0.599. The number of benzene rings is 1. The van der Waals surface area contributed by atoms with Crippen molar-refractivity contribution in [3.8, 4) is 0 Å². The molecule has 2 aromatic rings. The number of guanidine groups is 1. The van der Waals surface area contributed by atoms with Gasteiger partial charge in [0.1, 0.15) is 17.8 Å². The topological polar surface area (TPSA) is 65.7 Å². The molecule has 7 heteroatoms. The van der Waals surface area contributed by atoms with E-state index in [0.29, 0.717) is 12.6 Å². The molecule has 2 heterocycles. The molecule has 0 atom stereocenters. The van der Waals surface area contributed by atoms with Crippen LogP contribution in [0.1, 0.15) is 25.5 Å². The Morgan fingerprint density at radius 2 is 2.20 bits per heavy atom. The van der Waals surface area contributed by atoms with Crippen LogP contribution in [-0.2, 0) is 6.54 Å². The van der Waals surface area contributed by atoms with Gasteiger partial charge in [0, 0.05) is 37.4 Å². The highest BCUT2D eigenvalue weighted by molar-refractivity contribution is 5.80. The first-order valence-electron chi connectivity index (χ1n) is 8.69. The lowest BCUT2D eigenvalue weighted by Crippen LogP contribution is -2.48. The highest BCUT2D eigenvalue weighted by atomic mass is 19.1. The van der Waals surface area contributed by atoms with Crippen LogP contribution in [0.4, 0.5) is 10.1 Å². The summed E-state index contributed by atoms with van der Waals surface area (Å²) in [6.45, 7) is 5.11. The zero-order chi connectivity index (χ0) is 17.5. The van der Waals surface area contributed by atoms with E-state index in [1.54, 1.807) is 18.4 Å². The maximum absolute atomic E-state index is 13.4. The zero-order valence-corrected chi connectivity index (χ0v) is 14.4. The van der Waals surface area contributed by atoms with Gasteiger partial charge in [0.05, 0.1) is 6.54 Å². The van der Waals surface area contributed by atoms with Crippen LogP contribution in [0.25, 0.3) is 0 Å². The Hall–Kier alpha value is -2.57. The molecular formula is C18H24FN5O. The maximum Gasteiger partial charge on any atom is 0.191 e. The first-order valence-corrected chi connectivity index (χ1v) is 8.69. The van der Waals surface area contributed by atoms with Gasteiger partial charge in [-0.25, -0.2) is 9.38 Å². The van der Waals surface area contributed by atoms with Gasteiger partial charge in [-0.15, -0.1) is 0 Å². The first-order chi connectivity index (χ1) is 12.2. The van der Waals surface area contributed by atoms with Crippen molar-refractivity contribution in [3.63, 3.8) is 0 Å². The highest BCUT2D eigenvalue weighted by Crippen LogP contribution is 2.20. The van der Waals surface area contributed by atoms with Crippen molar-refractivity contribution < 1.29 is 8.91 Å². The molecule has 2 N–H and O–H groups in total. The monoisotopic (exact) mass is 345 g/mol. The second-order valence-electron chi connectivity index (χ2n) is 6.07. The van der Waals surface area contributed by atoms with Crippen molar-refractivity contribution in [2.75, 3.05) is 24.5 Å². The number of piperidine rings is 1. The lowest BCUT2D eigenvalue weighted by atomic mass is 10.0. The second-order valence-corrected chi connectivity index (χ2v) is 6.07. The lowest BCUT2D eigenvalue weighted by Gasteiger charge is -2.34. The van der Waals surface area contributed by atoms with Crippen LogP contribution in [0, 0.1) is 5.82 Å². The molecule has 1 aliphatic heterocycles. The average Bonchev–Trinajstić information content (AvgIpc) is 3.14. The number of anilines is 1. The molecule has 1 aromatic carbocycles. The summed E-state index contributed by atoms with van der Waals surface area (Å²) in [4.78, 5) is 6.77. The molecule has 0 spiro atoms. The number of nitrogens with one attached hydrogen (secondary N) is 2. The second kappa shape index (κ2) is 8.50. The molecule has 1 saturated heterocycles. The summed E-state index contributed by atoms with van der Waals surface area (Å²) in [6, 6.07) is 8.95. The normalized spacial score (nSPS) is 16.1. The number of halogens is 1. The van der Waals surface area contributed by atoms with E-state index in [1.807, 2.05) is 19.1 Å². The Kier molecular flexibility index (Phi) is 5.87. The van der Waals surface area contributed by atoms with Gasteiger partial charge in [-0.1, -0.05) is 11.2 Å². The van der Waals surface area contributed by atoms with E-state index in [0.717, 1.165) is 49.8 Å². The SMILES string of the molecule is CCNC(=NCc1ccon1)NC1CCN(c2cccc(F)c2)CC1. The van der Waals surface area contributed by atoms with Gasteiger partial charge in [0.25, 0.3) is 0 Å². The van der Waals surface area contributed by atoms with E-state index < -0.39 is 0 Å². The fourth-order valence-electron chi connectivity index (χ4n) is 2.95. The molecular weight excluding hydrogens is 321 g/mol. The molecule has 1 fully saturated rings. The Balaban J connectivity index is 1.53. The fourth-order valence-corrected chi connectivity index (χ4v) is 2.95. The summed E-state index contributed by atoms with van der Waals surface area (Å²) in [7, 11) is 0. The van der Waals surface area contributed by atoms with Crippen LogP contribution >= 0.6 is 0 Å². The predicted octanol–water partition coefficient (Wildman–Crippen LogP) is 2.54. The van der Waals surface area contributed by atoms with E-state index in [9.17, 15) is 4.39 Å². The van der Waals surface area contributed by atoms with Crippen LogP contribution in [-0.4, -0.2) is 36.8 Å². The molecule has 0 amide bonds. The van der Waals surface area contributed by atoms with Gasteiger partial charge in [-0.3, -0.25) is 0 Å². The standard InChI is InChI=1S/C18H24FN5O/c1-2-20-18(21-13-16-8-11-25-23-16)22-15-6-9-24(10-7-15)17-5-3-4-14(19)12-17/h3-5,8,11-12,15H,2,6-7,9-10,13H2,1H3,(H2,20,21,22). The van der Waals surface area contributed by atoms with Crippen LogP contribution in [0.3, 0.4) is 0 Å². The lowest BCUT2D eigenvalue weighted by molar-refractivity contribution is 0.412. The number of rotatable bonds is 5. The molecule has 0 aliphatic carbocycles.